The number of nitrogens with zero attached hydrogens (tertiary/aromatic N) is 1. The van der Waals surface area contributed by atoms with E-state index < -0.39 is 16.0 Å². The van der Waals surface area contributed by atoms with Crippen molar-refractivity contribution in [2.75, 3.05) is 13.2 Å². The van der Waals surface area contributed by atoms with Crippen LogP contribution in [-0.4, -0.2) is 17.8 Å². The maximum absolute atomic E-state index is 6.28. The Kier molecular flexibility index (Phi) is 6.63. The van der Waals surface area contributed by atoms with Gasteiger partial charge in [-0.15, -0.1) is 0 Å². The summed E-state index contributed by atoms with van der Waals surface area (Å²) in [5.74, 6) is 3.37. The van der Waals surface area contributed by atoms with E-state index in [1.807, 2.05) is 0 Å². The van der Waals surface area contributed by atoms with Gasteiger partial charge in [0.15, 0.2) is 5.88 Å². The van der Waals surface area contributed by atoms with Gasteiger partial charge in [0.25, 0.3) is 0 Å². The highest BCUT2D eigenvalue weighted by atomic mass is 31.1. The lowest BCUT2D eigenvalue weighted by atomic mass is 10.4. The van der Waals surface area contributed by atoms with Crippen LogP contribution < -0.4 is 21.2 Å². The highest BCUT2D eigenvalue weighted by Gasteiger charge is 2.30. The molecule has 1 aliphatic rings. The zero-order valence-electron chi connectivity index (χ0n) is 17.8. The highest BCUT2D eigenvalue weighted by molar-refractivity contribution is 7.76. The molecule has 0 atom stereocenters. The molecule has 4 aromatic rings. The summed E-state index contributed by atoms with van der Waals surface area (Å²) >= 11 is 0. The van der Waals surface area contributed by atoms with E-state index in [0.717, 1.165) is 19.0 Å². The third kappa shape index (κ3) is 4.63. The van der Waals surface area contributed by atoms with Gasteiger partial charge >= 0.3 is 0 Å². The molecule has 32 heavy (non-hydrogen) atoms. The zero-order chi connectivity index (χ0) is 21.6. The van der Waals surface area contributed by atoms with Crippen molar-refractivity contribution in [1.29, 1.82) is 0 Å². The second-order valence-electron chi connectivity index (χ2n) is 7.46. The van der Waals surface area contributed by atoms with Crippen LogP contribution in [0.4, 0.5) is 0 Å². The first kappa shape index (κ1) is 21.0. The van der Waals surface area contributed by atoms with Crippen molar-refractivity contribution in [3.63, 3.8) is 0 Å². The van der Waals surface area contributed by atoms with Crippen LogP contribution in [0.1, 0.15) is 0 Å². The summed E-state index contributed by atoms with van der Waals surface area (Å²) in [6.07, 6.45) is 0. The zero-order valence-corrected chi connectivity index (χ0v) is 19.6. The summed E-state index contributed by atoms with van der Waals surface area (Å²) in [7, 11) is -1.38. The molecular weight excluding hydrogens is 428 g/mol. The molecule has 0 amide bonds. The van der Waals surface area contributed by atoms with Gasteiger partial charge in [0.1, 0.15) is 6.61 Å². The molecule has 0 aliphatic carbocycles. The van der Waals surface area contributed by atoms with E-state index in [9.17, 15) is 0 Å². The quantitative estimate of drug-likeness (QED) is 0.368. The SMILES string of the molecule is C(=C1\OCCN1P(c1ccccc1)c1ccccc1)/P(c1ccccc1)c1ccccc1. The monoisotopic (exact) mass is 453 g/mol. The normalized spacial score (nSPS) is 14.8. The van der Waals surface area contributed by atoms with E-state index in [1.54, 1.807) is 0 Å². The van der Waals surface area contributed by atoms with E-state index in [-0.39, 0.29) is 0 Å². The molecule has 4 aromatic carbocycles. The Bertz CT molecular complexity index is 1070. The molecule has 1 fully saturated rings. The third-order valence-corrected chi connectivity index (χ3v) is 10.0. The Morgan fingerprint density at radius 2 is 0.969 bits per heavy atom. The van der Waals surface area contributed by atoms with E-state index in [2.05, 4.69) is 132 Å². The van der Waals surface area contributed by atoms with Gasteiger partial charge in [-0.1, -0.05) is 121 Å². The predicted octanol–water partition coefficient (Wildman–Crippen LogP) is 5.30. The average molecular weight is 453 g/mol. The second-order valence-corrected chi connectivity index (χ2v) is 11.6. The largest absolute Gasteiger partial charge is 0.477 e. The fraction of sp³-hybridized carbons (Fsp3) is 0.0714. The van der Waals surface area contributed by atoms with Gasteiger partial charge in [-0.25, -0.2) is 0 Å². The van der Waals surface area contributed by atoms with Crippen molar-refractivity contribution in [3.8, 4) is 0 Å². The lowest BCUT2D eigenvalue weighted by molar-refractivity contribution is 0.257. The minimum Gasteiger partial charge on any atom is -0.477 e. The van der Waals surface area contributed by atoms with Crippen molar-refractivity contribution in [2.24, 2.45) is 0 Å². The standard InChI is InChI=1S/C28H25NOP2/c1-5-13-24(14-6-1)31(25-15-7-2-8-16-25)23-28-29(21-22-30-28)32(26-17-9-3-10-18-26)27-19-11-4-12-20-27/h1-20,23H,21-22H2/b28-23+. The van der Waals surface area contributed by atoms with E-state index in [0.29, 0.717) is 0 Å². The van der Waals surface area contributed by atoms with Crippen molar-refractivity contribution in [1.82, 2.24) is 4.67 Å². The van der Waals surface area contributed by atoms with Crippen LogP contribution in [0.25, 0.3) is 0 Å². The predicted molar refractivity (Wildman–Crippen MR) is 139 cm³/mol. The molecule has 0 saturated carbocycles. The first-order valence-corrected chi connectivity index (χ1v) is 13.5. The summed E-state index contributed by atoms with van der Waals surface area (Å²) in [5.41, 5.74) is 0. The van der Waals surface area contributed by atoms with Gasteiger partial charge in [0.05, 0.1) is 14.6 Å². The molecular formula is C28H25NOP2. The van der Waals surface area contributed by atoms with Gasteiger partial charge in [0, 0.05) is 16.4 Å². The molecule has 0 N–H and O–H groups in total. The third-order valence-electron chi connectivity index (χ3n) is 5.36. The Labute approximate surface area is 192 Å². The molecule has 1 aliphatic heterocycles. The summed E-state index contributed by atoms with van der Waals surface area (Å²) in [6, 6.07) is 43.3. The molecule has 0 spiro atoms. The van der Waals surface area contributed by atoms with Crippen LogP contribution in [0.3, 0.4) is 0 Å². The van der Waals surface area contributed by atoms with Gasteiger partial charge in [-0.05, 0) is 18.5 Å². The molecule has 0 unspecified atom stereocenters. The van der Waals surface area contributed by atoms with Crippen molar-refractivity contribution >= 4 is 37.2 Å². The summed E-state index contributed by atoms with van der Waals surface area (Å²) in [4.78, 5) is 0. The van der Waals surface area contributed by atoms with E-state index in [4.69, 9.17) is 4.74 Å². The highest BCUT2D eigenvalue weighted by Crippen LogP contribution is 2.46. The maximum atomic E-state index is 6.28. The Balaban J connectivity index is 1.58. The Hall–Kier alpha value is -2.92. The van der Waals surface area contributed by atoms with Crippen LogP contribution in [-0.2, 0) is 4.74 Å². The first-order chi connectivity index (χ1) is 15.9. The van der Waals surface area contributed by atoms with Crippen LogP contribution in [0.2, 0.25) is 0 Å². The molecule has 0 bridgehead atoms. The van der Waals surface area contributed by atoms with E-state index >= 15 is 0 Å². The van der Waals surface area contributed by atoms with E-state index in [1.165, 1.54) is 21.2 Å². The topological polar surface area (TPSA) is 12.5 Å². The van der Waals surface area contributed by atoms with Crippen LogP contribution in [0, 0.1) is 0 Å². The average Bonchev–Trinajstić information content (AvgIpc) is 3.33. The van der Waals surface area contributed by atoms with Gasteiger partial charge in [-0.3, -0.25) is 0 Å². The van der Waals surface area contributed by atoms with Gasteiger partial charge in [-0.2, -0.15) is 0 Å². The molecule has 1 heterocycles. The van der Waals surface area contributed by atoms with Gasteiger partial charge < -0.3 is 9.41 Å². The molecule has 0 radical (unpaired) electrons. The maximum Gasteiger partial charge on any atom is 0.194 e. The molecule has 158 valence electrons. The number of benzene rings is 4. The lowest BCUT2D eigenvalue weighted by Crippen LogP contribution is -2.26. The minimum absolute atomic E-state index is 0.669. The van der Waals surface area contributed by atoms with Crippen molar-refractivity contribution < 1.29 is 4.74 Å². The first-order valence-electron chi connectivity index (χ1n) is 10.8. The fourth-order valence-electron chi connectivity index (χ4n) is 3.88. The van der Waals surface area contributed by atoms with Crippen molar-refractivity contribution in [3.05, 3.63) is 133 Å². The summed E-state index contributed by atoms with van der Waals surface area (Å²) in [5, 5.41) is 5.35. The molecule has 1 saturated heterocycles. The fourth-order valence-corrected chi connectivity index (χ4v) is 8.34. The summed E-state index contributed by atoms with van der Waals surface area (Å²) < 4.78 is 8.77. The number of hydrogen-bond donors (Lipinski definition) is 0. The van der Waals surface area contributed by atoms with Crippen molar-refractivity contribution in [2.45, 2.75) is 0 Å². The molecule has 4 heteroatoms. The number of hydrogen-bond acceptors (Lipinski definition) is 2. The van der Waals surface area contributed by atoms with Crippen LogP contribution in [0.5, 0.6) is 0 Å². The van der Waals surface area contributed by atoms with Crippen LogP contribution >= 0.6 is 16.0 Å². The lowest BCUT2D eigenvalue weighted by Gasteiger charge is -2.30. The van der Waals surface area contributed by atoms with Gasteiger partial charge in [0.2, 0.25) is 0 Å². The molecule has 0 aromatic heterocycles. The smallest absolute Gasteiger partial charge is 0.194 e. The Morgan fingerprint density at radius 3 is 1.41 bits per heavy atom. The Morgan fingerprint density at radius 1 is 0.562 bits per heavy atom. The second kappa shape index (κ2) is 10.1. The number of ether oxygens (including phenoxy) is 1. The number of rotatable bonds is 6. The minimum atomic E-state index is -0.709. The summed E-state index contributed by atoms with van der Waals surface area (Å²) in [6.45, 7) is 1.62. The molecule has 2 nitrogen and oxygen atoms in total. The van der Waals surface area contributed by atoms with Crippen LogP contribution in [0.15, 0.2) is 133 Å². The molecule has 5 rings (SSSR count).